The quantitative estimate of drug-likeness (QED) is 0.566. The second-order valence-electron chi connectivity index (χ2n) is 4.32. The Labute approximate surface area is 113 Å². The van der Waals surface area contributed by atoms with E-state index in [0.717, 1.165) is 17.1 Å². The Morgan fingerprint density at radius 1 is 1.40 bits per heavy atom. The van der Waals surface area contributed by atoms with Crippen LogP contribution < -0.4 is 5.73 Å². The Hall–Kier alpha value is -2.96. The van der Waals surface area contributed by atoms with E-state index >= 15 is 0 Å². The zero-order valence-corrected chi connectivity index (χ0v) is 10.5. The normalized spacial score (nSPS) is 10.8. The van der Waals surface area contributed by atoms with Crippen molar-refractivity contribution in [1.82, 2.24) is 9.97 Å². The van der Waals surface area contributed by atoms with E-state index in [0.29, 0.717) is 11.3 Å². The van der Waals surface area contributed by atoms with Crippen LogP contribution in [0.3, 0.4) is 0 Å². The lowest BCUT2D eigenvalue weighted by Gasteiger charge is -1.99. The van der Waals surface area contributed by atoms with Gasteiger partial charge >= 0.3 is 5.69 Å². The molecule has 7 nitrogen and oxygen atoms in total. The predicted molar refractivity (Wildman–Crippen MR) is 73.0 cm³/mol. The molecule has 0 atom stereocenters. The van der Waals surface area contributed by atoms with E-state index in [9.17, 15) is 10.1 Å². The van der Waals surface area contributed by atoms with Crippen molar-refractivity contribution in [2.75, 3.05) is 5.73 Å². The Morgan fingerprint density at radius 3 is 2.90 bits per heavy atom. The molecule has 0 unspecified atom stereocenters. The minimum Gasteiger partial charge on any atom is -0.454 e. The Kier molecular flexibility index (Phi) is 2.60. The Bertz CT molecular complexity index is 826. The average molecular weight is 270 g/mol. The molecule has 0 fully saturated rings. The van der Waals surface area contributed by atoms with Gasteiger partial charge in [-0.15, -0.1) is 0 Å². The monoisotopic (exact) mass is 270 g/mol. The van der Waals surface area contributed by atoms with Crippen LogP contribution in [0, 0.1) is 17.0 Å². The van der Waals surface area contributed by atoms with Gasteiger partial charge in [0.25, 0.3) is 0 Å². The molecule has 0 amide bonds. The second-order valence-corrected chi connectivity index (χ2v) is 4.32. The number of nitrogens with two attached hydrogens (primary N) is 1. The number of anilines is 1. The van der Waals surface area contributed by atoms with Gasteiger partial charge in [0, 0.05) is 5.39 Å². The summed E-state index contributed by atoms with van der Waals surface area (Å²) in [6.45, 7) is 1.90. The van der Waals surface area contributed by atoms with Gasteiger partial charge in [-0.3, -0.25) is 10.1 Å². The van der Waals surface area contributed by atoms with Gasteiger partial charge in [-0.25, -0.2) is 9.97 Å². The molecule has 0 aliphatic heterocycles. The van der Waals surface area contributed by atoms with Gasteiger partial charge in [0.2, 0.25) is 5.95 Å². The molecular formula is C13H10N4O3. The fourth-order valence-electron chi connectivity index (χ4n) is 2.03. The fraction of sp³-hybridized carbons (Fsp3) is 0.0769. The van der Waals surface area contributed by atoms with Gasteiger partial charge in [-0.2, -0.15) is 0 Å². The lowest BCUT2D eigenvalue weighted by atomic mass is 10.2. The first-order valence-corrected chi connectivity index (χ1v) is 5.82. The molecule has 0 radical (unpaired) electrons. The van der Waals surface area contributed by atoms with Gasteiger partial charge in [0.1, 0.15) is 11.8 Å². The lowest BCUT2D eigenvalue weighted by molar-refractivity contribution is -0.384. The van der Waals surface area contributed by atoms with Crippen LogP contribution in [-0.2, 0) is 0 Å². The van der Waals surface area contributed by atoms with Crippen LogP contribution in [0.25, 0.3) is 22.4 Å². The molecule has 2 heterocycles. The molecule has 100 valence electrons. The summed E-state index contributed by atoms with van der Waals surface area (Å²) in [4.78, 5) is 18.0. The molecule has 2 N–H and O–H groups in total. The zero-order chi connectivity index (χ0) is 14.3. The van der Waals surface area contributed by atoms with Crippen molar-refractivity contribution in [1.29, 1.82) is 0 Å². The maximum Gasteiger partial charge on any atom is 0.317 e. The molecule has 0 spiro atoms. The number of nitrogens with zero attached hydrogens (tertiary/aromatic N) is 3. The van der Waals surface area contributed by atoms with E-state index in [4.69, 9.17) is 10.2 Å². The van der Waals surface area contributed by atoms with E-state index < -0.39 is 4.92 Å². The van der Waals surface area contributed by atoms with Crippen LogP contribution in [0.4, 0.5) is 11.6 Å². The van der Waals surface area contributed by atoms with Crippen molar-refractivity contribution in [3.05, 3.63) is 46.1 Å². The topological polar surface area (TPSA) is 108 Å². The Morgan fingerprint density at radius 2 is 2.20 bits per heavy atom. The molecule has 20 heavy (non-hydrogen) atoms. The van der Waals surface area contributed by atoms with E-state index in [1.807, 2.05) is 25.1 Å². The maximum absolute atomic E-state index is 11.0. The number of nitrogen functional groups attached to an aromatic ring is 1. The SMILES string of the molecule is Cc1cccc2cc(-c3nc(N)ncc3[N+](=O)[O-])oc12. The standard InChI is InChI=1S/C13H10N4O3/c1-7-3-2-4-8-5-10(20-12(7)8)11-9(17(18)19)6-15-13(14)16-11/h2-6H,1H3,(H2,14,15,16). The molecule has 0 saturated carbocycles. The van der Waals surface area contributed by atoms with Crippen molar-refractivity contribution in [2.24, 2.45) is 0 Å². The number of furan rings is 1. The molecule has 7 heteroatoms. The highest BCUT2D eigenvalue weighted by atomic mass is 16.6. The molecule has 2 aromatic heterocycles. The molecule has 0 aliphatic rings. The number of aryl methyl sites for hydroxylation is 1. The van der Waals surface area contributed by atoms with Crippen molar-refractivity contribution >= 4 is 22.6 Å². The first kappa shape index (κ1) is 12.1. The number of para-hydroxylation sites is 1. The molecule has 0 bridgehead atoms. The van der Waals surface area contributed by atoms with E-state index in [1.165, 1.54) is 0 Å². The van der Waals surface area contributed by atoms with E-state index in [-0.39, 0.29) is 17.3 Å². The van der Waals surface area contributed by atoms with Crippen LogP contribution in [0.1, 0.15) is 5.56 Å². The largest absolute Gasteiger partial charge is 0.454 e. The summed E-state index contributed by atoms with van der Waals surface area (Å²) in [5.41, 5.74) is 6.96. The summed E-state index contributed by atoms with van der Waals surface area (Å²) >= 11 is 0. The summed E-state index contributed by atoms with van der Waals surface area (Å²) in [6, 6.07) is 7.36. The minimum absolute atomic E-state index is 0.0391. The lowest BCUT2D eigenvalue weighted by Crippen LogP contribution is -2.00. The van der Waals surface area contributed by atoms with Crippen LogP contribution in [-0.4, -0.2) is 14.9 Å². The highest BCUT2D eigenvalue weighted by Crippen LogP contribution is 2.33. The smallest absolute Gasteiger partial charge is 0.317 e. The number of rotatable bonds is 2. The first-order chi connectivity index (χ1) is 9.56. The minimum atomic E-state index is -0.561. The number of hydrogen-bond donors (Lipinski definition) is 1. The van der Waals surface area contributed by atoms with Crippen LogP contribution in [0.15, 0.2) is 34.9 Å². The average Bonchev–Trinajstić information content (AvgIpc) is 2.83. The highest BCUT2D eigenvalue weighted by Gasteiger charge is 2.21. The number of fused-ring (bicyclic) bond motifs is 1. The molecule has 3 aromatic rings. The number of nitro groups is 1. The summed E-state index contributed by atoms with van der Waals surface area (Å²) in [6.07, 6.45) is 1.08. The summed E-state index contributed by atoms with van der Waals surface area (Å²) in [7, 11) is 0. The fourth-order valence-corrected chi connectivity index (χ4v) is 2.03. The van der Waals surface area contributed by atoms with Crippen molar-refractivity contribution in [3.8, 4) is 11.5 Å². The number of benzene rings is 1. The van der Waals surface area contributed by atoms with Gasteiger partial charge in [0.15, 0.2) is 11.5 Å². The van der Waals surface area contributed by atoms with Crippen LogP contribution >= 0.6 is 0 Å². The van der Waals surface area contributed by atoms with Gasteiger partial charge in [-0.1, -0.05) is 18.2 Å². The molecule has 1 aromatic carbocycles. The number of aromatic nitrogens is 2. The zero-order valence-electron chi connectivity index (χ0n) is 10.5. The van der Waals surface area contributed by atoms with Gasteiger partial charge < -0.3 is 10.2 Å². The second kappa shape index (κ2) is 4.30. The highest BCUT2D eigenvalue weighted by molar-refractivity contribution is 5.85. The maximum atomic E-state index is 11.0. The molecule has 0 saturated heterocycles. The summed E-state index contributed by atoms with van der Waals surface area (Å²) in [5.74, 6) is 0.262. The third kappa shape index (κ3) is 1.85. The molecular weight excluding hydrogens is 260 g/mol. The Balaban J connectivity index is 2.27. The van der Waals surface area contributed by atoms with Crippen LogP contribution in [0.2, 0.25) is 0 Å². The van der Waals surface area contributed by atoms with E-state index in [2.05, 4.69) is 9.97 Å². The van der Waals surface area contributed by atoms with Crippen molar-refractivity contribution in [3.63, 3.8) is 0 Å². The summed E-state index contributed by atoms with van der Waals surface area (Å²) < 4.78 is 5.68. The third-order valence-corrected chi connectivity index (χ3v) is 2.96. The molecule has 0 aliphatic carbocycles. The van der Waals surface area contributed by atoms with Crippen molar-refractivity contribution in [2.45, 2.75) is 6.92 Å². The van der Waals surface area contributed by atoms with Gasteiger partial charge in [0.05, 0.1) is 4.92 Å². The van der Waals surface area contributed by atoms with E-state index in [1.54, 1.807) is 6.07 Å². The van der Waals surface area contributed by atoms with Gasteiger partial charge in [-0.05, 0) is 18.6 Å². The van der Waals surface area contributed by atoms with Crippen LogP contribution in [0.5, 0.6) is 0 Å². The third-order valence-electron chi connectivity index (χ3n) is 2.96. The predicted octanol–water partition coefficient (Wildman–Crippen LogP) is 2.69. The molecule has 3 rings (SSSR count). The number of hydrogen-bond acceptors (Lipinski definition) is 6. The first-order valence-electron chi connectivity index (χ1n) is 5.82. The summed E-state index contributed by atoms with van der Waals surface area (Å²) in [5, 5.41) is 11.9. The van der Waals surface area contributed by atoms with Crippen molar-refractivity contribution < 1.29 is 9.34 Å².